The van der Waals surface area contributed by atoms with E-state index in [1.165, 1.54) is 0 Å². The Hall–Kier alpha value is -1.87. The van der Waals surface area contributed by atoms with Crippen molar-refractivity contribution >= 4 is 46.9 Å². The maximum atomic E-state index is 10.6. The van der Waals surface area contributed by atoms with E-state index in [9.17, 15) is 29.4 Å². The van der Waals surface area contributed by atoms with Crippen molar-refractivity contribution in [2.75, 3.05) is 0 Å². The number of carboxylic acids is 2. The van der Waals surface area contributed by atoms with Crippen LogP contribution in [0.4, 0.5) is 0 Å². The minimum Gasteiger partial charge on any atom is -0.545 e. The number of carbonyl (C=O) groups is 4. The second kappa shape index (κ2) is 15.0. The smallest absolute Gasteiger partial charge is 0.545 e. The molecule has 0 radical (unpaired) electrons. The normalized spacial score (nSPS) is 10.0. The Labute approximate surface area is 150 Å². The Morgan fingerprint density at radius 3 is 1.13 bits per heavy atom. The molecule has 0 N–H and O–H groups in total. The molecule has 0 saturated heterocycles. The van der Waals surface area contributed by atoms with Gasteiger partial charge in [-0.25, -0.2) is 9.59 Å². The first kappa shape index (κ1) is 26.0. The molecule has 0 saturated carbocycles. The van der Waals surface area contributed by atoms with E-state index in [4.69, 9.17) is 0 Å². The van der Waals surface area contributed by atoms with Gasteiger partial charge < -0.3 is 29.3 Å². The van der Waals surface area contributed by atoms with Crippen molar-refractivity contribution in [1.82, 2.24) is 0 Å². The molecule has 0 aliphatic heterocycles. The summed E-state index contributed by atoms with van der Waals surface area (Å²) in [5, 5.41) is 19.6. The van der Waals surface area contributed by atoms with Crippen molar-refractivity contribution in [2.24, 2.45) is 0 Å². The van der Waals surface area contributed by atoms with E-state index in [-0.39, 0.29) is 35.3 Å². The molecule has 0 aromatic heterocycles. The van der Waals surface area contributed by atoms with Gasteiger partial charge >= 0.3 is 35.0 Å². The number of carbonyl (C=O) groups excluding carboxylic acids is 4. The molecule has 0 heterocycles. The maximum Gasteiger partial charge on any atom is 2.00 e. The van der Waals surface area contributed by atoms with Crippen LogP contribution in [0, 0.1) is 0 Å². The van der Waals surface area contributed by atoms with E-state index in [1.807, 2.05) is 0 Å². The SMILES string of the molecule is CC(C)OC(=O)/C=C/C(=O)[O-].CC(C)OC(=O)/C=C/C(=O)[O-].[Mg+2]. The molecule has 124 valence electrons. The van der Waals surface area contributed by atoms with E-state index in [0.717, 1.165) is 12.2 Å². The van der Waals surface area contributed by atoms with Crippen LogP contribution in [0.2, 0.25) is 0 Å². The molecule has 0 aromatic carbocycles. The maximum absolute atomic E-state index is 10.6. The molecular formula is C14H18MgO8. The van der Waals surface area contributed by atoms with Gasteiger partial charge in [0.1, 0.15) is 0 Å². The van der Waals surface area contributed by atoms with Gasteiger partial charge in [-0.3, -0.25) is 0 Å². The van der Waals surface area contributed by atoms with Crippen LogP contribution in [-0.4, -0.2) is 59.1 Å². The number of ether oxygens (including phenoxy) is 2. The summed E-state index contributed by atoms with van der Waals surface area (Å²) in [5.74, 6) is -4.18. The fraction of sp³-hybridized carbons (Fsp3) is 0.429. The molecule has 0 atom stereocenters. The van der Waals surface area contributed by atoms with Crippen molar-refractivity contribution in [1.29, 1.82) is 0 Å². The summed E-state index contributed by atoms with van der Waals surface area (Å²) in [5.41, 5.74) is 0. The van der Waals surface area contributed by atoms with Gasteiger partial charge in [-0.2, -0.15) is 0 Å². The van der Waals surface area contributed by atoms with Gasteiger partial charge in [-0.05, 0) is 39.8 Å². The van der Waals surface area contributed by atoms with Gasteiger partial charge in [-0.1, -0.05) is 0 Å². The average Bonchev–Trinajstić information content (AvgIpc) is 2.33. The number of hydrogen-bond donors (Lipinski definition) is 0. The van der Waals surface area contributed by atoms with Crippen molar-refractivity contribution < 1.29 is 38.9 Å². The molecule has 0 spiro atoms. The van der Waals surface area contributed by atoms with Crippen molar-refractivity contribution in [3.63, 3.8) is 0 Å². The first-order valence-electron chi connectivity index (χ1n) is 6.24. The topological polar surface area (TPSA) is 133 Å². The van der Waals surface area contributed by atoms with Gasteiger partial charge in [0.25, 0.3) is 0 Å². The largest absolute Gasteiger partial charge is 2.00 e. The van der Waals surface area contributed by atoms with Crippen LogP contribution in [0.5, 0.6) is 0 Å². The summed E-state index contributed by atoms with van der Waals surface area (Å²) in [6.07, 6.45) is 2.41. The third-order valence-electron chi connectivity index (χ3n) is 1.41. The van der Waals surface area contributed by atoms with Crippen LogP contribution in [0.1, 0.15) is 27.7 Å². The number of aliphatic carboxylic acids is 2. The number of carboxylic acid groups (broad SMARTS) is 2. The molecule has 0 fully saturated rings. The Kier molecular flexibility index (Phi) is 17.0. The number of rotatable bonds is 6. The van der Waals surface area contributed by atoms with Crippen LogP contribution in [0.15, 0.2) is 24.3 Å². The zero-order valence-electron chi connectivity index (χ0n) is 13.4. The van der Waals surface area contributed by atoms with Gasteiger partial charge in [0.05, 0.1) is 24.1 Å². The second-order valence-electron chi connectivity index (χ2n) is 4.28. The van der Waals surface area contributed by atoms with Crippen LogP contribution in [-0.2, 0) is 28.7 Å². The molecule has 0 aliphatic rings. The summed E-state index contributed by atoms with van der Waals surface area (Å²) in [6.45, 7) is 6.69. The Bertz CT molecular complexity index is 410. The molecule has 0 amide bonds. The van der Waals surface area contributed by atoms with Crippen LogP contribution in [0.25, 0.3) is 0 Å². The molecular weight excluding hydrogens is 320 g/mol. The van der Waals surface area contributed by atoms with E-state index in [0.29, 0.717) is 12.2 Å². The molecule has 8 nitrogen and oxygen atoms in total. The monoisotopic (exact) mass is 338 g/mol. The van der Waals surface area contributed by atoms with Gasteiger partial charge in [0.15, 0.2) is 0 Å². The van der Waals surface area contributed by atoms with Crippen molar-refractivity contribution in [3.05, 3.63) is 24.3 Å². The van der Waals surface area contributed by atoms with Gasteiger partial charge in [0.2, 0.25) is 0 Å². The molecule has 0 aromatic rings. The first-order chi connectivity index (χ1) is 10.0. The average molecular weight is 339 g/mol. The third kappa shape index (κ3) is 25.4. The Morgan fingerprint density at radius 2 is 0.957 bits per heavy atom. The van der Waals surface area contributed by atoms with E-state index < -0.39 is 23.9 Å². The van der Waals surface area contributed by atoms with E-state index >= 15 is 0 Å². The summed E-state index contributed by atoms with van der Waals surface area (Å²) in [6, 6.07) is 0. The number of hydrogen-bond acceptors (Lipinski definition) is 8. The standard InChI is InChI=1S/2C7H10O4.Mg/c2*1-5(2)11-7(10)4-3-6(8)9;/h2*3-5H,1-2H3,(H,8,9);/q;;+2/p-2/b2*4-3+;. The molecule has 0 unspecified atom stereocenters. The third-order valence-corrected chi connectivity index (χ3v) is 1.41. The summed E-state index contributed by atoms with van der Waals surface area (Å²) in [7, 11) is 0. The van der Waals surface area contributed by atoms with Crippen molar-refractivity contribution in [2.45, 2.75) is 39.9 Å². The predicted molar refractivity (Wildman–Crippen MR) is 76.5 cm³/mol. The van der Waals surface area contributed by atoms with E-state index in [1.54, 1.807) is 27.7 Å². The summed E-state index contributed by atoms with van der Waals surface area (Å²) in [4.78, 5) is 40.7. The van der Waals surface area contributed by atoms with E-state index in [2.05, 4.69) is 9.47 Å². The van der Waals surface area contributed by atoms with Crippen LogP contribution < -0.4 is 10.2 Å². The molecule has 23 heavy (non-hydrogen) atoms. The number of esters is 2. The zero-order chi connectivity index (χ0) is 17.7. The fourth-order valence-corrected chi connectivity index (χ4v) is 0.815. The molecule has 0 aliphatic carbocycles. The quantitative estimate of drug-likeness (QED) is 0.312. The second-order valence-corrected chi connectivity index (χ2v) is 4.28. The minimum atomic E-state index is -1.41. The molecule has 0 rings (SSSR count). The van der Waals surface area contributed by atoms with Gasteiger partial charge in [0, 0.05) is 12.2 Å². The minimum absolute atomic E-state index is 0. The van der Waals surface area contributed by atoms with Crippen LogP contribution in [0.3, 0.4) is 0 Å². The van der Waals surface area contributed by atoms with Crippen LogP contribution >= 0.6 is 0 Å². The molecule has 0 bridgehead atoms. The molecule has 9 heteroatoms. The zero-order valence-corrected chi connectivity index (χ0v) is 14.9. The Morgan fingerprint density at radius 1 is 0.696 bits per heavy atom. The summed E-state index contributed by atoms with van der Waals surface area (Å²) < 4.78 is 9.17. The fourth-order valence-electron chi connectivity index (χ4n) is 0.815. The first-order valence-corrected chi connectivity index (χ1v) is 6.24. The predicted octanol–water partition coefficient (Wildman–Crippen LogP) is -1.89. The van der Waals surface area contributed by atoms with Crippen molar-refractivity contribution in [3.8, 4) is 0 Å². The van der Waals surface area contributed by atoms with Gasteiger partial charge in [-0.15, -0.1) is 0 Å². The summed E-state index contributed by atoms with van der Waals surface area (Å²) >= 11 is 0. The Balaban J connectivity index is -0.000000333.